The molecule has 1 saturated heterocycles. The molecule has 1 aliphatic heterocycles. The van der Waals surface area contributed by atoms with Gasteiger partial charge in [0.2, 0.25) is 0 Å². The first-order valence-corrected chi connectivity index (χ1v) is 9.55. The number of likely N-dealkylation sites (tertiary alicyclic amines) is 1. The number of benzene rings is 2. The minimum absolute atomic E-state index is 0.000946. The Balaban J connectivity index is 0.000000479. The summed E-state index contributed by atoms with van der Waals surface area (Å²) >= 11 is 0. The molecule has 0 bridgehead atoms. The quantitative estimate of drug-likeness (QED) is 0.577. The minimum Gasteiger partial charge on any atom is -0.508 e. The maximum absolute atomic E-state index is 12.8. The number of carboxylic acids is 1. The highest BCUT2D eigenvalue weighted by Crippen LogP contribution is 2.29. The molecule has 1 aliphatic rings. The minimum atomic E-state index is -5.08. The zero-order chi connectivity index (χ0) is 24.8. The Labute approximate surface area is 184 Å². The number of halogens is 6. The van der Waals surface area contributed by atoms with Crippen molar-refractivity contribution in [1.29, 1.82) is 0 Å². The van der Waals surface area contributed by atoms with Crippen LogP contribution in [0.4, 0.5) is 26.3 Å². The summed E-state index contributed by atoms with van der Waals surface area (Å²) in [4.78, 5) is 23.2. The molecule has 180 valence electrons. The van der Waals surface area contributed by atoms with Crippen LogP contribution in [0.25, 0.3) is 0 Å². The van der Waals surface area contributed by atoms with Crippen molar-refractivity contribution in [1.82, 2.24) is 10.2 Å². The molecule has 1 fully saturated rings. The number of aromatic hydroxyl groups is 1. The number of nitrogens with zero attached hydrogens (tertiary/aromatic N) is 1. The fourth-order valence-corrected chi connectivity index (χ4v) is 3.09. The summed E-state index contributed by atoms with van der Waals surface area (Å²) in [7, 11) is 0. The topological polar surface area (TPSA) is 89.9 Å². The zero-order valence-electron chi connectivity index (χ0n) is 17.0. The smallest absolute Gasteiger partial charge is 0.490 e. The fraction of sp³-hybridized carbons (Fsp3) is 0.333. The third-order valence-electron chi connectivity index (χ3n) is 4.69. The van der Waals surface area contributed by atoms with E-state index in [0.29, 0.717) is 19.5 Å². The Morgan fingerprint density at radius 2 is 1.67 bits per heavy atom. The van der Waals surface area contributed by atoms with Crippen LogP contribution in [0.5, 0.6) is 5.75 Å². The second-order valence-electron chi connectivity index (χ2n) is 7.20. The Bertz CT molecular complexity index is 978. The van der Waals surface area contributed by atoms with E-state index in [9.17, 15) is 36.2 Å². The second kappa shape index (κ2) is 10.6. The van der Waals surface area contributed by atoms with E-state index in [2.05, 4.69) is 10.2 Å². The highest BCUT2D eigenvalue weighted by Gasteiger charge is 2.38. The summed E-state index contributed by atoms with van der Waals surface area (Å²) in [6, 6.07) is 11.3. The third-order valence-corrected chi connectivity index (χ3v) is 4.69. The fourth-order valence-electron chi connectivity index (χ4n) is 3.09. The molecule has 3 N–H and O–H groups in total. The van der Waals surface area contributed by atoms with Gasteiger partial charge in [0.15, 0.2) is 0 Å². The van der Waals surface area contributed by atoms with E-state index in [1.165, 1.54) is 12.1 Å². The standard InChI is InChI=1S/C19H19F3N2O2.C2HF3O2/c20-19(21,22)15-6-3-5-13(10-15)18(26)23-16-8-9-24(12-16)11-14-4-1-2-7-17(14)25;3-2(4,5)1(6)7/h1-7,10,16,25H,8-9,11-12H2,(H,23,26);(H,6,7). The highest BCUT2D eigenvalue weighted by atomic mass is 19.4. The van der Waals surface area contributed by atoms with Crippen molar-refractivity contribution in [3.05, 3.63) is 65.2 Å². The van der Waals surface area contributed by atoms with Crippen molar-refractivity contribution < 1.29 is 46.1 Å². The lowest BCUT2D eigenvalue weighted by Crippen LogP contribution is -2.37. The van der Waals surface area contributed by atoms with Crippen molar-refractivity contribution >= 4 is 11.9 Å². The van der Waals surface area contributed by atoms with Gasteiger partial charge in [-0.15, -0.1) is 0 Å². The van der Waals surface area contributed by atoms with E-state index < -0.39 is 29.8 Å². The summed E-state index contributed by atoms with van der Waals surface area (Å²) in [5, 5.41) is 19.8. The molecule has 0 aliphatic carbocycles. The molecule has 3 rings (SSSR count). The summed E-state index contributed by atoms with van der Waals surface area (Å²) < 4.78 is 70.0. The van der Waals surface area contributed by atoms with Gasteiger partial charge in [-0.3, -0.25) is 9.69 Å². The number of para-hydroxylation sites is 1. The monoisotopic (exact) mass is 478 g/mol. The lowest BCUT2D eigenvalue weighted by molar-refractivity contribution is -0.192. The van der Waals surface area contributed by atoms with E-state index in [-0.39, 0.29) is 17.4 Å². The van der Waals surface area contributed by atoms with Crippen molar-refractivity contribution in [2.24, 2.45) is 0 Å². The molecule has 1 heterocycles. The Kier molecular flexibility index (Phi) is 8.31. The third kappa shape index (κ3) is 7.97. The molecule has 1 unspecified atom stereocenters. The van der Waals surface area contributed by atoms with Gasteiger partial charge in [0.1, 0.15) is 5.75 Å². The molecule has 6 nitrogen and oxygen atoms in total. The molecule has 0 saturated carbocycles. The van der Waals surface area contributed by atoms with Crippen molar-refractivity contribution in [3.8, 4) is 5.75 Å². The van der Waals surface area contributed by atoms with E-state index in [1.54, 1.807) is 12.1 Å². The van der Waals surface area contributed by atoms with Crippen molar-refractivity contribution in [3.63, 3.8) is 0 Å². The van der Waals surface area contributed by atoms with E-state index in [0.717, 1.165) is 24.2 Å². The number of nitrogens with one attached hydrogen (secondary N) is 1. The number of carbonyl (C=O) groups is 2. The average Bonchev–Trinajstić information content (AvgIpc) is 3.16. The van der Waals surface area contributed by atoms with Gasteiger partial charge >= 0.3 is 18.3 Å². The number of aliphatic carboxylic acids is 1. The molecule has 0 aromatic heterocycles. The van der Waals surface area contributed by atoms with Gasteiger partial charge in [-0.05, 0) is 30.7 Å². The normalized spacial score (nSPS) is 16.6. The SMILES string of the molecule is O=C(NC1CCN(Cc2ccccc2O)C1)c1cccc(C(F)(F)F)c1.O=C(O)C(F)(F)F. The Morgan fingerprint density at radius 1 is 1.03 bits per heavy atom. The number of phenolic OH excluding ortho intramolecular Hbond substituents is 1. The summed E-state index contributed by atoms with van der Waals surface area (Å²) in [6.07, 6.45) is -8.85. The molecule has 1 atom stereocenters. The van der Waals surface area contributed by atoms with Crippen LogP contribution in [0.15, 0.2) is 48.5 Å². The van der Waals surface area contributed by atoms with E-state index in [1.807, 2.05) is 12.1 Å². The number of alkyl halides is 6. The van der Waals surface area contributed by atoms with E-state index in [4.69, 9.17) is 9.90 Å². The maximum Gasteiger partial charge on any atom is 0.490 e. The number of carboxylic acid groups (broad SMARTS) is 1. The van der Waals surface area contributed by atoms with Crippen LogP contribution in [0.1, 0.15) is 27.9 Å². The molecule has 33 heavy (non-hydrogen) atoms. The Hall–Kier alpha value is -3.28. The van der Waals surface area contributed by atoms with Gasteiger partial charge in [0.05, 0.1) is 5.56 Å². The van der Waals surface area contributed by atoms with Crippen molar-refractivity contribution in [2.75, 3.05) is 13.1 Å². The lowest BCUT2D eigenvalue weighted by atomic mass is 10.1. The number of hydrogen-bond donors (Lipinski definition) is 3. The molecule has 0 spiro atoms. The summed E-state index contributed by atoms with van der Waals surface area (Å²) in [6.45, 7) is 1.88. The number of phenols is 1. The number of rotatable bonds is 4. The first-order chi connectivity index (χ1) is 15.3. The summed E-state index contributed by atoms with van der Waals surface area (Å²) in [5.74, 6) is -3.04. The first kappa shape index (κ1) is 26.0. The number of amides is 1. The van der Waals surface area contributed by atoms with Crippen LogP contribution in [0, 0.1) is 0 Å². The van der Waals surface area contributed by atoms with Gasteiger partial charge in [-0.1, -0.05) is 24.3 Å². The molecule has 2 aromatic rings. The van der Waals surface area contributed by atoms with Crippen LogP contribution >= 0.6 is 0 Å². The van der Waals surface area contributed by atoms with Gasteiger partial charge in [-0.2, -0.15) is 26.3 Å². The highest BCUT2D eigenvalue weighted by molar-refractivity contribution is 5.94. The molecular weight excluding hydrogens is 458 g/mol. The Morgan fingerprint density at radius 3 is 2.24 bits per heavy atom. The van der Waals surface area contributed by atoms with E-state index >= 15 is 0 Å². The van der Waals surface area contributed by atoms with Crippen LogP contribution in [0.2, 0.25) is 0 Å². The predicted molar refractivity (Wildman–Crippen MR) is 104 cm³/mol. The van der Waals surface area contributed by atoms with Gasteiger partial charge in [0, 0.05) is 36.8 Å². The second-order valence-corrected chi connectivity index (χ2v) is 7.20. The largest absolute Gasteiger partial charge is 0.508 e. The molecule has 2 aromatic carbocycles. The zero-order valence-corrected chi connectivity index (χ0v) is 17.0. The molecule has 1 amide bonds. The maximum atomic E-state index is 12.8. The van der Waals surface area contributed by atoms with Crippen LogP contribution in [0.3, 0.4) is 0 Å². The van der Waals surface area contributed by atoms with Crippen LogP contribution in [-0.4, -0.2) is 52.3 Å². The molecule has 0 radical (unpaired) electrons. The van der Waals surface area contributed by atoms with Crippen LogP contribution < -0.4 is 5.32 Å². The first-order valence-electron chi connectivity index (χ1n) is 9.55. The number of hydrogen-bond acceptors (Lipinski definition) is 4. The molecular formula is C21H20F6N2O4. The van der Waals surface area contributed by atoms with Crippen molar-refractivity contribution in [2.45, 2.75) is 31.4 Å². The van der Waals surface area contributed by atoms with Gasteiger partial charge < -0.3 is 15.5 Å². The average molecular weight is 478 g/mol. The predicted octanol–water partition coefficient (Wildman–Crippen LogP) is 4.05. The molecule has 12 heteroatoms. The lowest BCUT2D eigenvalue weighted by Gasteiger charge is -2.17. The summed E-state index contributed by atoms with van der Waals surface area (Å²) in [5.41, 5.74) is -0.0333. The van der Waals surface area contributed by atoms with Crippen LogP contribution in [-0.2, 0) is 17.5 Å². The number of carbonyl (C=O) groups excluding carboxylic acids is 1. The van der Waals surface area contributed by atoms with Gasteiger partial charge in [-0.25, -0.2) is 4.79 Å². The van der Waals surface area contributed by atoms with Gasteiger partial charge in [0.25, 0.3) is 5.91 Å².